The molecule has 0 unspecified atom stereocenters. The number of imidazole rings is 1. The minimum absolute atomic E-state index is 0. The molecule has 0 aliphatic rings. The van der Waals surface area contributed by atoms with E-state index in [2.05, 4.69) is 11.6 Å². The molecule has 0 amide bonds. The molecule has 0 N–H and O–H groups in total. The van der Waals surface area contributed by atoms with Gasteiger partial charge in [-0.2, -0.15) is 0 Å². The Morgan fingerprint density at radius 1 is 1.38 bits per heavy atom. The summed E-state index contributed by atoms with van der Waals surface area (Å²) in [5.74, 6) is 1.06. The molecule has 0 saturated heterocycles. The minimum atomic E-state index is -10.7. The van der Waals surface area contributed by atoms with Crippen LogP contribution in [0, 0.1) is 0 Å². The number of rotatable bonds is 2. The molecular formula is C7H11F6N2P. The quantitative estimate of drug-likeness (QED) is 0.434. The molecule has 2 nitrogen and oxygen atoms in total. The van der Waals surface area contributed by atoms with Crippen LogP contribution < -0.4 is 0 Å². The Kier molecular flexibility index (Phi) is 3.52. The van der Waals surface area contributed by atoms with Gasteiger partial charge in [-0.25, -0.2) is 4.98 Å². The van der Waals surface area contributed by atoms with Gasteiger partial charge in [0.25, 0.3) is 0 Å². The van der Waals surface area contributed by atoms with E-state index in [1.807, 2.05) is 23.9 Å². The van der Waals surface area contributed by atoms with Gasteiger partial charge in [0, 0.05) is 25.9 Å². The molecule has 96 valence electrons. The molecule has 0 bridgehead atoms. The Morgan fingerprint density at radius 3 is 2.06 bits per heavy atom. The average Bonchev–Trinajstić information content (AvgIpc) is 2.30. The summed E-state index contributed by atoms with van der Waals surface area (Å²) >= 11 is 0. The second-order valence-electron chi connectivity index (χ2n) is 2.91. The fourth-order valence-electron chi connectivity index (χ4n) is 0.722. The van der Waals surface area contributed by atoms with Crippen LogP contribution in [0.15, 0.2) is 25.0 Å². The Morgan fingerprint density at radius 2 is 1.81 bits per heavy atom. The third-order valence-corrected chi connectivity index (χ3v) is 1.25. The summed E-state index contributed by atoms with van der Waals surface area (Å²) in [6, 6.07) is 0. The molecule has 1 aromatic rings. The predicted molar refractivity (Wildman–Crippen MR) is 51.8 cm³/mol. The Hall–Kier alpha value is -1.04. The maximum Gasteiger partial charge on any atom is 1.00 e. The average molecular weight is 268 g/mol. The van der Waals surface area contributed by atoms with Crippen molar-refractivity contribution in [2.24, 2.45) is 7.05 Å². The molecule has 1 heterocycles. The number of halogens is 6. The molecule has 0 aromatic carbocycles. The molecule has 9 heteroatoms. The van der Waals surface area contributed by atoms with Crippen molar-refractivity contribution >= 4 is 7.81 Å². The van der Waals surface area contributed by atoms with Crippen molar-refractivity contribution in [1.82, 2.24) is 9.55 Å². The molecule has 16 heavy (non-hydrogen) atoms. The van der Waals surface area contributed by atoms with E-state index in [1.165, 1.54) is 0 Å². The molecule has 0 fully saturated rings. The normalized spacial score (nSPS) is 15.4. The predicted octanol–water partition coefficient (Wildman–Crippen LogP) is 4.64. The van der Waals surface area contributed by atoms with Crippen LogP contribution in [0.2, 0.25) is 0 Å². The van der Waals surface area contributed by atoms with Gasteiger partial charge in [-0.3, -0.25) is 0 Å². The van der Waals surface area contributed by atoms with E-state index < -0.39 is 7.81 Å². The van der Waals surface area contributed by atoms with Gasteiger partial charge in [0.05, 0.1) is 0 Å². The number of allylic oxidation sites excluding steroid dienone is 1. The van der Waals surface area contributed by atoms with E-state index in [9.17, 15) is 25.2 Å². The maximum absolute atomic E-state index is 10.7. The topological polar surface area (TPSA) is 17.8 Å². The number of aryl methyl sites for hydroxylation is 1. The zero-order valence-electron chi connectivity index (χ0n) is 9.26. The maximum atomic E-state index is 9.87. The fourth-order valence-corrected chi connectivity index (χ4v) is 0.722. The first-order chi connectivity index (χ1) is 6.79. The van der Waals surface area contributed by atoms with E-state index >= 15 is 0 Å². The Balaban J connectivity index is 0. The van der Waals surface area contributed by atoms with E-state index in [4.69, 9.17) is 0 Å². The van der Waals surface area contributed by atoms with Gasteiger partial charge in [-0.1, -0.05) is 6.08 Å². The summed E-state index contributed by atoms with van der Waals surface area (Å²) in [5.41, 5.74) is 0. The number of aromatic nitrogens is 2. The minimum Gasteiger partial charge on any atom is 1.00 e. The Labute approximate surface area is 89.3 Å². The summed E-state index contributed by atoms with van der Waals surface area (Å²) in [6.45, 7) is 3.62. The first-order valence-electron chi connectivity index (χ1n) is 3.93. The molecule has 0 atom stereocenters. The molecule has 0 saturated carbocycles. The Bertz CT molecular complexity index is 358. The molecule has 1 aromatic heterocycles. The molecular weight excluding hydrogens is 257 g/mol. The molecule has 0 aliphatic carbocycles. The molecule has 0 radical (unpaired) electrons. The van der Waals surface area contributed by atoms with Crippen molar-refractivity contribution in [3.05, 3.63) is 30.9 Å². The van der Waals surface area contributed by atoms with Crippen LogP contribution in [-0.2, 0) is 13.5 Å². The van der Waals surface area contributed by atoms with Gasteiger partial charge in [0.15, 0.2) is 0 Å². The van der Waals surface area contributed by atoms with Crippen molar-refractivity contribution < 1.29 is 26.6 Å². The summed E-state index contributed by atoms with van der Waals surface area (Å²) in [7, 11) is -8.68. The van der Waals surface area contributed by atoms with Crippen LogP contribution in [0.25, 0.3) is 0 Å². The summed E-state index contributed by atoms with van der Waals surface area (Å²) in [5, 5.41) is 0. The van der Waals surface area contributed by atoms with E-state index in [-0.39, 0.29) is 1.43 Å². The van der Waals surface area contributed by atoms with Crippen molar-refractivity contribution in [3.8, 4) is 0 Å². The fraction of sp³-hybridized carbons (Fsp3) is 0.286. The van der Waals surface area contributed by atoms with Gasteiger partial charge >= 0.3 is 34.4 Å². The van der Waals surface area contributed by atoms with Crippen molar-refractivity contribution in [1.29, 1.82) is 0 Å². The SMILES string of the molecule is C=CCc1nccn1C.F[P-](F)(F)(F)(F)F.[H+]. The van der Waals surface area contributed by atoms with Crippen LogP contribution in [0.5, 0.6) is 0 Å². The monoisotopic (exact) mass is 268 g/mol. The van der Waals surface area contributed by atoms with E-state index in [1.54, 1.807) is 6.20 Å². The smallest absolute Gasteiger partial charge is 1.00 e. The number of hydrogen-bond donors (Lipinski definition) is 0. The largest absolute Gasteiger partial charge is 1.00 e. The molecule has 0 aliphatic heterocycles. The van der Waals surface area contributed by atoms with E-state index in [0.717, 1.165) is 12.2 Å². The van der Waals surface area contributed by atoms with Crippen LogP contribution >= 0.6 is 7.81 Å². The van der Waals surface area contributed by atoms with Gasteiger partial charge < -0.3 is 4.57 Å². The van der Waals surface area contributed by atoms with Gasteiger partial charge in [-0.15, -0.1) is 6.58 Å². The first kappa shape index (κ1) is 15.0. The zero-order valence-corrected chi connectivity index (χ0v) is 9.15. The second-order valence-corrected chi connectivity index (χ2v) is 4.82. The van der Waals surface area contributed by atoms with Crippen LogP contribution in [0.1, 0.15) is 7.25 Å². The molecule has 1 rings (SSSR count). The summed E-state index contributed by atoms with van der Waals surface area (Å²) < 4.78 is 61.2. The first-order valence-corrected chi connectivity index (χ1v) is 5.96. The third kappa shape index (κ3) is 13.0. The van der Waals surface area contributed by atoms with E-state index in [0.29, 0.717) is 0 Å². The van der Waals surface area contributed by atoms with Gasteiger partial charge in [0.2, 0.25) is 0 Å². The van der Waals surface area contributed by atoms with Crippen LogP contribution in [0.4, 0.5) is 25.2 Å². The van der Waals surface area contributed by atoms with Crippen molar-refractivity contribution in [2.75, 3.05) is 0 Å². The van der Waals surface area contributed by atoms with Crippen LogP contribution in [-0.4, -0.2) is 9.55 Å². The second kappa shape index (κ2) is 3.76. The van der Waals surface area contributed by atoms with Gasteiger partial charge in [-0.05, 0) is 0 Å². The van der Waals surface area contributed by atoms with Crippen molar-refractivity contribution in [3.63, 3.8) is 0 Å². The third-order valence-electron chi connectivity index (χ3n) is 1.25. The van der Waals surface area contributed by atoms with Crippen LogP contribution in [0.3, 0.4) is 0 Å². The summed E-state index contributed by atoms with van der Waals surface area (Å²) in [6.07, 6.45) is 6.42. The number of nitrogens with zero attached hydrogens (tertiary/aromatic N) is 2. The van der Waals surface area contributed by atoms with Crippen molar-refractivity contribution in [2.45, 2.75) is 6.42 Å². The molecule has 0 spiro atoms. The number of hydrogen-bond acceptors (Lipinski definition) is 1. The van der Waals surface area contributed by atoms with Gasteiger partial charge in [0.1, 0.15) is 5.82 Å². The summed E-state index contributed by atoms with van der Waals surface area (Å²) in [4.78, 5) is 4.10. The standard InChI is InChI=1S/C7H10N2.F6P/c1-3-4-7-8-5-6-9(7)2;1-7(2,3,4,5)6/h3,5-6H,1,4H2,2H3;/q;-1/p+1. The zero-order chi connectivity index (χ0) is 13.1.